The zero-order valence-electron chi connectivity index (χ0n) is 15.1. The second kappa shape index (κ2) is 7.94. The Bertz CT molecular complexity index is 867. The van der Waals surface area contributed by atoms with Crippen molar-refractivity contribution >= 4 is 23.1 Å². The summed E-state index contributed by atoms with van der Waals surface area (Å²) in [5.41, 5.74) is 3.98. The van der Waals surface area contributed by atoms with E-state index in [0.717, 1.165) is 47.6 Å². The van der Waals surface area contributed by atoms with Crippen molar-refractivity contribution in [3.05, 3.63) is 52.4 Å². The average molecular weight is 386 g/mol. The van der Waals surface area contributed by atoms with Gasteiger partial charge in [0.1, 0.15) is 0 Å². The van der Waals surface area contributed by atoms with Gasteiger partial charge in [0, 0.05) is 12.4 Å². The molecule has 4 rings (SSSR count). The molecule has 3 aromatic rings. The van der Waals surface area contributed by atoms with Crippen LogP contribution in [0.1, 0.15) is 29.5 Å². The molecule has 1 fully saturated rings. The van der Waals surface area contributed by atoms with Crippen LogP contribution in [0.25, 0.3) is 10.7 Å². The number of aromatic nitrogens is 3. The molecule has 0 bridgehead atoms. The van der Waals surface area contributed by atoms with Gasteiger partial charge in [-0.15, -0.1) is 21.5 Å². The molecule has 0 saturated carbocycles. The third-order valence-corrected chi connectivity index (χ3v) is 6.61. The normalized spacial score (nSPS) is 17.1. The van der Waals surface area contributed by atoms with E-state index < -0.39 is 0 Å². The second-order valence-corrected chi connectivity index (χ2v) is 8.64. The van der Waals surface area contributed by atoms with Crippen molar-refractivity contribution in [1.29, 1.82) is 0 Å². The lowest BCUT2D eigenvalue weighted by atomic mass is 10.1. The highest BCUT2D eigenvalue weighted by molar-refractivity contribution is 7.98. The minimum Gasteiger partial charge on any atom is -0.376 e. The Morgan fingerprint density at radius 3 is 2.96 bits per heavy atom. The fourth-order valence-electron chi connectivity index (χ4n) is 3.24. The first-order chi connectivity index (χ1) is 12.7. The molecule has 1 atom stereocenters. The molecule has 1 aromatic carbocycles. The first kappa shape index (κ1) is 17.8. The predicted octanol–water partition coefficient (Wildman–Crippen LogP) is 5.09. The molecule has 0 N–H and O–H groups in total. The second-order valence-electron chi connectivity index (χ2n) is 6.75. The number of thiophene rings is 1. The average Bonchev–Trinajstić information content (AvgIpc) is 3.38. The minimum atomic E-state index is 0.268. The monoisotopic (exact) mass is 385 g/mol. The van der Waals surface area contributed by atoms with Gasteiger partial charge in [0.25, 0.3) is 0 Å². The van der Waals surface area contributed by atoms with Gasteiger partial charge in [-0.1, -0.05) is 41.6 Å². The molecule has 1 aliphatic rings. The Labute approximate surface area is 162 Å². The van der Waals surface area contributed by atoms with E-state index in [1.807, 2.05) is 0 Å². The summed E-state index contributed by atoms with van der Waals surface area (Å²) in [5.74, 6) is 1.86. The number of rotatable bonds is 6. The van der Waals surface area contributed by atoms with Gasteiger partial charge in [-0.2, -0.15) is 0 Å². The highest BCUT2D eigenvalue weighted by Gasteiger charge is 2.22. The maximum absolute atomic E-state index is 5.87. The molecule has 2 aromatic heterocycles. The van der Waals surface area contributed by atoms with Crippen LogP contribution in [0.5, 0.6) is 0 Å². The summed E-state index contributed by atoms with van der Waals surface area (Å²) in [7, 11) is 0. The zero-order valence-corrected chi connectivity index (χ0v) is 16.8. The molecule has 0 spiro atoms. The smallest absolute Gasteiger partial charge is 0.191 e. The van der Waals surface area contributed by atoms with E-state index >= 15 is 0 Å². The fourth-order valence-corrected chi connectivity index (χ4v) is 4.97. The van der Waals surface area contributed by atoms with Gasteiger partial charge in [0.2, 0.25) is 0 Å². The number of hydrogen-bond donors (Lipinski definition) is 0. The van der Waals surface area contributed by atoms with E-state index in [0.29, 0.717) is 0 Å². The van der Waals surface area contributed by atoms with E-state index in [2.05, 4.69) is 64.3 Å². The molecule has 0 aliphatic carbocycles. The summed E-state index contributed by atoms with van der Waals surface area (Å²) in [6.07, 6.45) is 2.53. The lowest BCUT2D eigenvalue weighted by molar-refractivity contribution is 0.0953. The van der Waals surface area contributed by atoms with Gasteiger partial charge in [0.15, 0.2) is 11.0 Å². The molecule has 6 heteroatoms. The Morgan fingerprint density at radius 2 is 2.19 bits per heavy atom. The molecular formula is C20H23N3OS2. The van der Waals surface area contributed by atoms with Crippen molar-refractivity contribution in [2.75, 3.05) is 6.61 Å². The molecule has 1 saturated heterocycles. The van der Waals surface area contributed by atoms with Crippen LogP contribution < -0.4 is 0 Å². The number of ether oxygens (including phenoxy) is 1. The summed E-state index contributed by atoms with van der Waals surface area (Å²) >= 11 is 3.47. The SMILES string of the molecule is Cc1ccc(C)c(CSc2nnc(-c3cccs3)n2CC2CCCO2)c1. The number of aryl methyl sites for hydroxylation is 2. The zero-order chi connectivity index (χ0) is 17.9. The van der Waals surface area contributed by atoms with E-state index in [1.165, 1.54) is 16.7 Å². The van der Waals surface area contributed by atoms with Crippen LogP contribution in [0.4, 0.5) is 0 Å². The van der Waals surface area contributed by atoms with Gasteiger partial charge < -0.3 is 4.74 Å². The number of benzene rings is 1. The van der Waals surface area contributed by atoms with Crippen LogP contribution in [0.3, 0.4) is 0 Å². The van der Waals surface area contributed by atoms with Crippen molar-refractivity contribution in [1.82, 2.24) is 14.8 Å². The van der Waals surface area contributed by atoms with Crippen LogP contribution in [0.15, 0.2) is 40.9 Å². The van der Waals surface area contributed by atoms with Gasteiger partial charge in [0.05, 0.1) is 17.5 Å². The van der Waals surface area contributed by atoms with Gasteiger partial charge in [-0.25, -0.2) is 0 Å². The number of thioether (sulfide) groups is 1. The van der Waals surface area contributed by atoms with Crippen molar-refractivity contribution < 1.29 is 4.74 Å². The molecular weight excluding hydrogens is 362 g/mol. The summed E-state index contributed by atoms with van der Waals surface area (Å²) in [6, 6.07) is 10.8. The molecule has 4 nitrogen and oxygen atoms in total. The van der Waals surface area contributed by atoms with Crippen LogP contribution in [-0.2, 0) is 17.0 Å². The van der Waals surface area contributed by atoms with E-state index in [4.69, 9.17) is 4.74 Å². The van der Waals surface area contributed by atoms with Crippen molar-refractivity contribution in [3.8, 4) is 10.7 Å². The summed E-state index contributed by atoms with van der Waals surface area (Å²) in [5, 5.41) is 12.1. The van der Waals surface area contributed by atoms with Crippen LogP contribution in [0, 0.1) is 13.8 Å². The van der Waals surface area contributed by atoms with Gasteiger partial charge >= 0.3 is 0 Å². The van der Waals surface area contributed by atoms with Crippen LogP contribution >= 0.6 is 23.1 Å². The topological polar surface area (TPSA) is 39.9 Å². The minimum absolute atomic E-state index is 0.268. The molecule has 3 heterocycles. The van der Waals surface area contributed by atoms with Crippen molar-refractivity contribution in [2.24, 2.45) is 0 Å². The Balaban J connectivity index is 1.59. The maximum Gasteiger partial charge on any atom is 0.191 e. The Morgan fingerprint density at radius 1 is 1.27 bits per heavy atom. The third kappa shape index (κ3) is 3.87. The lowest BCUT2D eigenvalue weighted by Crippen LogP contribution is -2.16. The predicted molar refractivity (Wildman–Crippen MR) is 108 cm³/mol. The molecule has 0 amide bonds. The first-order valence-corrected chi connectivity index (χ1v) is 10.8. The van der Waals surface area contributed by atoms with Gasteiger partial charge in [-0.05, 0) is 49.3 Å². The van der Waals surface area contributed by atoms with E-state index in [9.17, 15) is 0 Å². The summed E-state index contributed by atoms with van der Waals surface area (Å²) in [6.45, 7) is 6.01. The number of hydrogen-bond acceptors (Lipinski definition) is 5. The quantitative estimate of drug-likeness (QED) is 0.554. The Kier molecular flexibility index (Phi) is 5.43. The van der Waals surface area contributed by atoms with Crippen molar-refractivity contribution in [2.45, 2.75) is 50.2 Å². The van der Waals surface area contributed by atoms with Crippen molar-refractivity contribution in [3.63, 3.8) is 0 Å². The molecule has 26 heavy (non-hydrogen) atoms. The van der Waals surface area contributed by atoms with E-state index in [1.54, 1.807) is 23.1 Å². The molecule has 1 unspecified atom stereocenters. The Hall–Kier alpha value is -1.63. The van der Waals surface area contributed by atoms with Crippen LogP contribution in [0.2, 0.25) is 0 Å². The maximum atomic E-state index is 5.87. The fraction of sp³-hybridized carbons (Fsp3) is 0.400. The van der Waals surface area contributed by atoms with E-state index in [-0.39, 0.29) is 6.10 Å². The first-order valence-electron chi connectivity index (χ1n) is 8.98. The largest absolute Gasteiger partial charge is 0.376 e. The molecule has 1 aliphatic heterocycles. The molecule has 136 valence electrons. The standard InChI is InChI=1S/C20H23N3OS2/c1-14-7-8-15(2)16(11-14)13-26-20-22-21-19(18-6-4-10-25-18)23(20)12-17-5-3-9-24-17/h4,6-8,10-11,17H,3,5,9,12-13H2,1-2H3. The van der Waals surface area contributed by atoms with Crippen LogP contribution in [-0.4, -0.2) is 27.5 Å². The van der Waals surface area contributed by atoms with Gasteiger partial charge in [-0.3, -0.25) is 4.57 Å². The lowest BCUT2D eigenvalue weighted by Gasteiger charge is -2.14. The summed E-state index contributed by atoms with van der Waals surface area (Å²) < 4.78 is 8.12. The third-order valence-electron chi connectivity index (χ3n) is 4.73. The molecule has 0 radical (unpaired) electrons. The number of nitrogens with zero attached hydrogens (tertiary/aromatic N) is 3. The highest BCUT2D eigenvalue weighted by Crippen LogP contribution is 2.31. The highest BCUT2D eigenvalue weighted by atomic mass is 32.2. The summed E-state index contributed by atoms with van der Waals surface area (Å²) in [4.78, 5) is 1.16.